The molecule has 21 heavy (non-hydrogen) atoms. The van der Waals surface area contributed by atoms with Crippen molar-refractivity contribution < 1.29 is 19.1 Å². The van der Waals surface area contributed by atoms with E-state index in [1.165, 1.54) is 13.0 Å². The Morgan fingerprint density at radius 1 is 0.952 bits per heavy atom. The molecule has 0 amide bonds. The second-order valence-electron chi connectivity index (χ2n) is 5.49. The van der Waals surface area contributed by atoms with Crippen molar-refractivity contribution in [2.75, 3.05) is 46.1 Å². The van der Waals surface area contributed by atoms with E-state index in [1.807, 2.05) is 24.3 Å². The van der Waals surface area contributed by atoms with Crippen molar-refractivity contribution in [3.63, 3.8) is 0 Å². The van der Waals surface area contributed by atoms with Gasteiger partial charge in [-0.05, 0) is 43.5 Å². The van der Waals surface area contributed by atoms with Gasteiger partial charge in [-0.2, -0.15) is 0 Å². The standard InChI is InChI=1S/C17H27NO3/c1-2-12-20-16-5-7-17(8-6-16)21-13-4-3-9-18-10-14-19-15-11-18/h5-8H,2-4,9-15H2,1H3/p+1. The maximum atomic E-state index is 5.77. The van der Waals surface area contributed by atoms with Gasteiger partial charge in [-0.25, -0.2) is 0 Å². The summed E-state index contributed by atoms with van der Waals surface area (Å²) in [6, 6.07) is 7.92. The largest absolute Gasteiger partial charge is 0.494 e. The first kappa shape index (κ1) is 16.1. The summed E-state index contributed by atoms with van der Waals surface area (Å²) in [5.74, 6) is 1.85. The Morgan fingerprint density at radius 3 is 2.19 bits per heavy atom. The molecule has 1 fully saturated rings. The molecular weight excluding hydrogens is 266 g/mol. The van der Waals surface area contributed by atoms with Crippen LogP contribution in [0.2, 0.25) is 0 Å². The van der Waals surface area contributed by atoms with Crippen LogP contribution in [0.4, 0.5) is 0 Å². The number of rotatable bonds is 9. The van der Waals surface area contributed by atoms with E-state index in [1.54, 1.807) is 4.90 Å². The summed E-state index contributed by atoms with van der Waals surface area (Å²) in [5.41, 5.74) is 0. The lowest BCUT2D eigenvalue weighted by Crippen LogP contribution is -3.14. The van der Waals surface area contributed by atoms with E-state index in [9.17, 15) is 0 Å². The average Bonchev–Trinajstić information content (AvgIpc) is 2.55. The summed E-state index contributed by atoms with van der Waals surface area (Å²) >= 11 is 0. The molecule has 1 N–H and O–H groups in total. The molecule has 118 valence electrons. The summed E-state index contributed by atoms with van der Waals surface area (Å²) in [6.07, 6.45) is 3.36. The second-order valence-corrected chi connectivity index (χ2v) is 5.49. The molecule has 0 saturated carbocycles. The van der Waals surface area contributed by atoms with Gasteiger partial charge < -0.3 is 19.1 Å². The van der Waals surface area contributed by atoms with Crippen LogP contribution in [0.3, 0.4) is 0 Å². The first-order valence-corrected chi connectivity index (χ1v) is 8.15. The highest BCUT2D eigenvalue weighted by molar-refractivity contribution is 5.31. The van der Waals surface area contributed by atoms with Gasteiger partial charge in [0, 0.05) is 0 Å². The van der Waals surface area contributed by atoms with Gasteiger partial charge in [0.05, 0.1) is 33.0 Å². The number of morpholine rings is 1. The third kappa shape index (κ3) is 6.36. The van der Waals surface area contributed by atoms with Crippen molar-refractivity contribution in [3.8, 4) is 11.5 Å². The van der Waals surface area contributed by atoms with Gasteiger partial charge in [0.1, 0.15) is 24.6 Å². The fourth-order valence-electron chi connectivity index (χ4n) is 2.43. The number of nitrogens with one attached hydrogen (secondary N) is 1. The minimum Gasteiger partial charge on any atom is -0.494 e. The van der Waals surface area contributed by atoms with Crippen molar-refractivity contribution in [2.45, 2.75) is 26.2 Å². The smallest absolute Gasteiger partial charge is 0.119 e. The average molecular weight is 294 g/mol. The van der Waals surface area contributed by atoms with E-state index in [4.69, 9.17) is 14.2 Å². The predicted octanol–water partition coefficient (Wildman–Crippen LogP) is 1.55. The van der Waals surface area contributed by atoms with Gasteiger partial charge in [0.2, 0.25) is 0 Å². The van der Waals surface area contributed by atoms with Gasteiger partial charge in [0.15, 0.2) is 0 Å². The minimum atomic E-state index is 0.768. The number of hydrogen-bond donors (Lipinski definition) is 1. The third-order valence-electron chi connectivity index (χ3n) is 3.69. The molecule has 0 unspecified atom stereocenters. The maximum absolute atomic E-state index is 5.77. The summed E-state index contributed by atoms with van der Waals surface area (Å²) in [4.78, 5) is 1.67. The van der Waals surface area contributed by atoms with Crippen molar-refractivity contribution in [1.82, 2.24) is 0 Å². The van der Waals surface area contributed by atoms with E-state index in [2.05, 4.69) is 6.92 Å². The van der Waals surface area contributed by atoms with Crippen molar-refractivity contribution in [1.29, 1.82) is 0 Å². The molecule has 0 bridgehead atoms. The van der Waals surface area contributed by atoms with Crippen LogP contribution in [0, 0.1) is 0 Å². The van der Waals surface area contributed by atoms with Gasteiger partial charge in [-0.1, -0.05) is 6.92 Å². The molecule has 0 atom stereocenters. The normalized spacial score (nSPS) is 15.9. The summed E-state index contributed by atoms with van der Waals surface area (Å²) in [5, 5.41) is 0. The van der Waals surface area contributed by atoms with Crippen LogP contribution in [-0.4, -0.2) is 46.1 Å². The number of quaternary nitrogens is 1. The monoisotopic (exact) mass is 294 g/mol. The lowest BCUT2D eigenvalue weighted by Gasteiger charge is -2.23. The highest BCUT2D eigenvalue weighted by Crippen LogP contribution is 2.17. The highest BCUT2D eigenvalue weighted by Gasteiger charge is 2.12. The Hall–Kier alpha value is -1.26. The Kier molecular flexibility index (Phi) is 7.39. The quantitative estimate of drug-likeness (QED) is 0.701. The molecule has 1 aliphatic heterocycles. The highest BCUT2D eigenvalue weighted by atomic mass is 16.5. The molecule has 1 aromatic rings. The molecule has 0 aliphatic carbocycles. The van der Waals surface area contributed by atoms with E-state index < -0.39 is 0 Å². The number of ether oxygens (including phenoxy) is 3. The van der Waals surface area contributed by atoms with Crippen LogP contribution in [0.25, 0.3) is 0 Å². The van der Waals surface area contributed by atoms with E-state index in [0.717, 1.165) is 63.9 Å². The summed E-state index contributed by atoms with van der Waals surface area (Å²) in [7, 11) is 0. The molecule has 0 aromatic heterocycles. The fraction of sp³-hybridized carbons (Fsp3) is 0.647. The Balaban J connectivity index is 1.55. The molecule has 4 nitrogen and oxygen atoms in total. The molecule has 2 rings (SSSR count). The number of hydrogen-bond acceptors (Lipinski definition) is 3. The zero-order valence-electron chi connectivity index (χ0n) is 13.1. The topological polar surface area (TPSA) is 32.1 Å². The SMILES string of the molecule is CCCOc1ccc(OCCCC[NH+]2CCOCC2)cc1. The molecule has 4 heteroatoms. The first-order chi connectivity index (χ1) is 10.4. The summed E-state index contributed by atoms with van der Waals surface area (Å²) < 4.78 is 16.7. The molecule has 0 spiro atoms. The Labute approximate surface area is 128 Å². The van der Waals surface area contributed by atoms with Crippen LogP contribution in [-0.2, 0) is 4.74 Å². The van der Waals surface area contributed by atoms with E-state index >= 15 is 0 Å². The number of unbranched alkanes of at least 4 members (excludes halogenated alkanes) is 1. The fourth-order valence-corrected chi connectivity index (χ4v) is 2.43. The van der Waals surface area contributed by atoms with Crippen LogP contribution < -0.4 is 14.4 Å². The van der Waals surface area contributed by atoms with Crippen LogP contribution in [0.1, 0.15) is 26.2 Å². The van der Waals surface area contributed by atoms with E-state index in [-0.39, 0.29) is 0 Å². The van der Waals surface area contributed by atoms with Crippen LogP contribution in [0.5, 0.6) is 11.5 Å². The lowest BCUT2D eigenvalue weighted by atomic mass is 10.3. The van der Waals surface area contributed by atoms with Crippen molar-refractivity contribution in [3.05, 3.63) is 24.3 Å². The molecule has 1 aliphatic rings. The minimum absolute atomic E-state index is 0.768. The van der Waals surface area contributed by atoms with E-state index in [0.29, 0.717) is 0 Å². The Bertz CT molecular complexity index is 374. The molecule has 0 radical (unpaired) electrons. The van der Waals surface area contributed by atoms with Crippen molar-refractivity contribution >= 4 is 0 Å². The summed E-state index contributed by atoms with van der Waals surface area (Å²) in [6.45, 7) is 9.03. The van der Waals surface area contributed by atoms with Gasteiger partial charge in [-0.15, -0.1) is 0 Å². The lowest BCUT2D eigenvalue weighted by molar-refractivity contribution is -0.908. The third-order valence-corrected chi connectivity index (χ3v) is 3.69. The zero-order valence-corrected chi connectivity index (χ0v) is 13.1. The first-order valence-electron chi connectivity index (χ1n) is 8.15. The number of benzene rings is 1. The Morgan fingerprint density at radius 2 is 1.57 bits per heavy atom. The molecular formula is C17H28NO3+. The van der Waals surface area contributed by atoms with Gasteiger partial charge in [-0.3, -0.25) is 0 Å². The molecule has 1 aromatic carbocycles. The maximum Gasteiger partial charge on any atom is 0.119 e. The predicted molar refractivity (Wildman–Crippen MR) is 83.3 cm³/mol. The van der Waals surface area contributed by atoms with Crippen LogP contribution >= 0.6 is 0 Å². The zero-order chi connectivity index (χ0) is 14.8. The molecule has 1 saturated heterocycles. The van der Waals surface area contributed by atoms with Crippen LogP contribution in [0.15, 0.2) is 24.3 Å². The molecule has 1 heterocycles. The second kappa shape index (κ2) is 9.64. The van der Waals surface area contributed by atoms with Gasteiger partial charge in [0.25, 0.3) is 0 Å². The van der Waals surface area contributed by atoms with Crippen molar-refractivity contribution in [2.24, 2.45) is 0 Å². The van der Waals surface area contributed by atoms with Gasteiger partial charge >= 0.3 is 0 Å².